The molecule has 0 bridgehead atoms. The number of methoxy groups -OCH3 is 2. The molecule has 1 fully saturated rings. The van der Waals surface area contributed by atoms with Crippen molar-refractivity contribution in [2.45, 2.75) is 44.6 Å². The van der Waals surface area contributed by atoms with Gasteiger partial charge in [0.1, 0.15) is 5.69 Å². The number of ether oxygens (including phenoxy) is 2. The predicted octanol–water partition coefficient (Wildman–Crippen LogP) is 3.75. The maximum Gasteiger partial charge on any atom is 0.296 e. The van der Waals surface area contributed by atoms with Crippen LogP contribution in [0.25, 0.3) is 0 Å². The van der Waals surface area contributed by atoms with E-state index in [0.717, 1.165) is 12.8 Å². The Morgan fingerprint density at radius 3 is 2.19 bits per heavy atom. The van der Waals surface area contributed by atoms with Gasteiger partial charge in [0.25, 0.3) is 5.69 Å². The van der Waals surface area contributed by atoms with Crippen LogP contribution in [0.3, 0.4) is 0 Å². The molecular weight excluding hydrogens is 272 g/mol. The Hall–Kier alpha value is -1.98. The summed E-state index contributed by atoms with van der Waals surface area (Å²) in [5.41, 5.74) is 0.529. The van der Waals surface area contributed by atoms with Gasteiger partial charge in [-0.25, -0.2) is 0 Å². The first-order valence-electron chi connectivity index (χ1n) is 7.32. The molecule has 6 nitrogen and oxygen atoms in total. The van der Waals surface area contributed by atoms with Crippen LogP contribution < -0.4 is 14.8 Å². The van der Waals surface area contributed by atoms with Gasteiger partial charge in [-0.05, 0) is 12.8 Å². The highest BCUT2D eigenvalue weighted by Gasteiger charge is 2.22. The Kier molecular flexibility index (Phi) is 5.25. The monoisotopic (exact) mass is 294 g/mol. The van der Waals surface area contributed by atoms with E-state index in [1.807, 2.05) is 0 Å². The fourth-order valence-electron chi connectivity index (χ4n) is 2.78. The molecule has 0 aromatic heterocycles. The van der Waals surface area contributed by atoms with E-state index in [-0.39, 0.29) is 16.7 Å². The van der Waals surface area contributed by atoms with Gasteiger partial charge >= 0.3 is 0 Å². The number of nitro groups is 1. The minimum absolute atomic E-state index is 0.0249. The standard InChI is InChI=1S/C15H22N2O4/c1-20-14-9-12(13(17(18)19)10-15(14)21-2)16-11-7-5-3-4-6-8-11/h9-11,16H,3-8H2,1-2H3. The molecule has 0 spiro atoms. The van der Waals surface area contributed by atoms with Crippen molar-refractivity contribution in [3.8, 4) is 11.5 Å². The van der Waals surface area contributed by atoms with E-state index >= 15 is 0 Å². The largest absolute Gasteiger partial charge is 0.493 e. The van der Waals surface area contributed by atoms with Crippen molar-refractivity contribution in [2.75, 3.05) is 19.5 Å². The van der Waals surface area contributed by atoms with Crippen LogP contribution in [0.2, 0.25) is 0 Å². The minimum Gasteiger partial charge on any atom is -0.493 e. The van der Waals surface area contributed by atoms with E-state index in [0.29, 0.717) is 17.2 Å². The number of hydrogen-bond acceptors (Lipinski definition) is 5. The Balaban J connectivity index is 2.29. The molecule has 2 rings (SSSR count). The third-order valence-corrected chi connectivity index (χ3v) is 3.91. The normalized spacial score (nSPS) is 16.1. The summed E-state index contributed by atoms with van der Waals surface area (Å²) in [7, 11) is 3.00. The fourth-order valence-corrected chi connectivity index (χ4v) is 2.78. The Morgan fingerprint density at radius 1 is 1.10 bits per heavy atom. The molecule has 1 aliphatic carbocycles. The zero-order chi connectivity index (χ0) is 15.2. The number of rotatable bonds is 5. The van der Waals surface area contributed by atoms with E-state index in [1.54, 1.807) is 6.07 Å². The highest BCUT2D eigenvalue weighted by atomic mass is 16.6. The molecule has 0 amide bonds. The predicted molar refractivity (Wildman–Crippen MR) is 81.3 cm³/mol. The van der Waals surface area contributed by atoms with E-state index in [2.05, 4.69) is 5.32 Å². The molecule has 21 heavy (non-hydrogen) atoms. The number of hydrogen-bond donors (Lipinski definition) is 1. The van der Waals surface area contributed by atoms with Gasteiger partial charge in [0, 0.05) is 12.1 Å². The Morgan fingerprint density at radius 2 is 1.67 bits per heavy atom. The Bertz CT molecular complexity index is 497. The molecule has 6 heteroatoms. The molecule has 0 heterocycles. The second-order valence-electron chi connectivity index (χ2n) is 5.31. The highest BCUT2D eigenvalue weighted by molar-refractivity contribution is 5.68. The lowest BCUT2D eigenvalue weighted by molar-refractivity contribution is -0.384. The zero-order valence-electron chi connectivity index (χ0n) is 12.6. The number of anilines is 1. The summed E-state index contributed by atoms with van der Waals surface area (Å²) in [4.78, 5) is 10.9. The lowest BCUT2D eigenvalue weighted by Crippen LogP contribution is -2.19. The fraction of sp³-hybridized carbons (Fsp3) is 0.600. The van der Waals surface area contributed by atoms with Crippen molar-refractivity contribution in [3.05, 3.63) is 22.2 Å². The van der Waals surface area contributed by atoms with Crippen molar-refractivity contribution in [2.24, 2.45) is 0 Å². The molecule has 0 aliphatic heterocycles. The molecule has 0 saturated heterocycles. The first-order chi connectivity index (χ1) is 10.2. The van der Waals surface area contributed by atoms with Gasteiger partial charge in [0.05, 0.1) is 25.2 Å². The SMILES string of the molecule is COc1cc(NC2CCCCCC2)c([N+](=O)[O-])cc1OC. The van der Waals surface area contributed by atoms with E-state index in [9.17, 15) is 10.1 Å². The van der Waals surface area contributed by atoms with Gasteiger partial charge in [0.15, 0.2) is 11.5 Å². The molecular formula is C15H22N2O4. The molecule has 1 aromatic carbocycles. The molecule has 1 saturated carbocycles. The minimum atomic E-state index is -0.388. The van der Waals surface area contributed by atoms with Crippen molar-refractivity contribution in [3.63, 3.8) is 0 Å². The van der Waals surface area contributed by atoms with E-state index in [1.165, 1.54) is 46.0 Å². The maximum absolute atomic E-state index is 11.3. The van der Waals surface area contributed by atoms with Crippen LogP contribution in [0, 0.1) is 10.1 Å². The molecule has 116 valence electrons. The van der Waals surface area contributed by atoms with Crippen LogP contribution in [-0.4, -0.2) is 25.2 Å². The quantitative estimate of drug-likeness (QED) is 0.508. The average Bonchev–Trinajstić information content (AvgIpc) is 2.75. The molecule has 1 N–H and O–H groups in total. The van der Waals surface area contributed by atoms with E-state index in [4.69, 9.17) is 9.47 Å². The molecule has 0 atom stereocenters. The van der Waals surface area contributed by atoms with Gasteiger partial charge in [0.2, 0.25) is 0 Å². The molecule has 0 unspecified atom stereocenters. The summed E-state index contributed by atoms with van der Waals surface area (Å²) < 4.78 is 10.4. The lowest BCUT2D eigenvalue weighted by atomic mass is 10.1. The van der Waals surface area contributed by atoms with Crippen LogP contribution >= 0.6 is 0 Å². The molecule has 1 aromatic rings. The van der Waals surface area contributed by atoms with Gasteiger partial charge in [-0.2, -0.15) is 0 Å². The number of nitrogens with zero attached hydrogens (tertiary/aromatic N) is 1. The third kappa shape index (κ3) is 3.77. The summed E-state index contributed by atoms with van der Waals surface area (Å²) in [6, 6.07) is 3.35. The van der Waals surface area contributed by atoms with E-state index < -0.39 is 0 Å². The van der Waals surface area contributed by atoms with Gasteiger partial charge in [-0.1, -0.05) is 25.7 Å². The second kappa shape index (κ2) is 7.15. The van der Waals surface area contributed by atoms with Crippen LogP contribution in [-0.2, 0) is 0 Å². The molecule has 1 aliphatic rings. The van der Waals surface area contributed by atoms with Crippen LogP contribution in [0.1, 0.15) is 38.5 Å². The first-order valence-corrected chi connectivity index (χ1v) is 7.32. The second-order valence-corrected chi connectivity index (χ2v) is 5.31. The van der Waals surface area contributed by atoms with Crippen LogP contribution in [0.4, 0.5) is 11.4 Å². The summed E-state index contributed by atoms with van der Waals surface area (Å²) in [5.74, 6) is 0.870. The lowest BCUT2D eigenvalue weighted by Gasteiger charge is -2.19. The summed E-state index contributed by atoms with van der Waals surface area (Å²) in [6.07, 6.45) is 6.91. The zero-order valence-corrected chi connectivity index (χ0v) is 12.6. The maximum atomic E-state index is 11.3. The summed E-state index contributed by atoms with van der Waals surface area (Å²) in [6.45, 7) is 0. The van der Waals surface area contributed by atoms with Crippen LogP contribution in [0.5, 0.6) is 11.5 Å². The smallest absolute Gasteiger partial charge is 0.296 e. The summed E-state index contributed by atoms with van der Waals surface area (Å²) in [5, 5.41) is 14.6. The number of nitrogens with one attached hydrogen (secondary N) is 1. The van der Waals surface area contributed by atoms with Crippen molar-refractivity contribution in [1.29, 1.82) is 0 Å². The number of nitro benzene ring substituents is 1. The number of benzene rings is 1. The summed E-state index contributed by atoms with van der Waals surface area (Å²) >= 11 is 0. The van der Waals surface area contributed by atoms with Gasteiger partial charge < -0.3 is 14.8 Å². The van der Waals surface area contributed by atoms with Crippen LogP contribution in [0.15, 0.2) is 12.1 Å². The van der Waals surface area contributed by atoms with Gasteiger partial charge in [-0.15, -0.1) is 0 Å². The first kappa shape index (κ1) is 15.4. The van der Waals surface area contributed by atoms with Crippen molar-refractivity contribution >= 4 is 11.4 Å². The highest BCUT2D eigenvalue weighted by Crippen LogP contribution is 2.38. The third-order valence-electron chi connectivity index (χ3n) is 3.91. The topological polar surface area (TPSA) is 73.6 Å². The Labute approximate surface area is 124 Å². The average molecular weight is 294 g/mol. The van der Waals surface area contributed by atoms with Crippen molar-refractivity contribution < 1.29 is 14.4 Å². The van der Waals surface area contributed by atoms with Crippen molar-refractivity contribution in [1.82, 2.24) is 0 Å². The van der Waals surface area contributed by atoms with Gasteiger partial charge in [-0.3, -0.25) is 10.1 Å². The molecule has 0 radical (unpaired) electrons.